The van der Waals surface area contributed by atoms with E-state index in [1.807, 2.05) is 0 Å². The first-order chi connectivity index (χ1) is 8.97. The first-order valence-electron chi connectivity index (χ1n) is 6.93. The van der Waals surface area contributed by atoms with Gasteiger partial charge in [-0.1, -0.05) is 13.3 Å². The normalized spacial score (nSPS) is 28.2. The SMILES string of the molecule is CCCC1(CNC(=O)N2CC(O)C[C@H]2C(=O)O)CC1. The zero-order valence-electron chi connectivity index (χ0n) is 11.3. The molecule has 1 unspecified atom stereocenters. The standard InChI is InChI=1S/C13H22N2O4/c1-2-3-13(4-5-13)8-14-12(19)15-7-9(16)6-10(15)11(17)18/h9-10,16H,2-8H2,1H3,(H,14,19)(H,17,18)/t9?,10-/m0/s1. The van der Waals surface area contributed by atoms with Gasteiger partial charge >= 0.3 is 12.0 Å². The number of β-amino-alcohol motifs (C(OH)–C–C–N with tert-alkyl or cyclic N) is 1. The van der Waals surface area contributed by atoms with Crippen LogP contribution in [-0.2, 0) is 4.79 Å². The van der Waals surface area contributed by atoms with Gasteiger partial charge in [0.25, 0.3) is 0 Å². The molecule has 6 heteroatoms. The molecule has 2 fully saturated rings. The monoisotopic (exact) mass is 270 g/mol. The molecule has 0 radical (unpaired) electrons. The van der Waals surface area contributed by atoms with Crippen LogP contribution in [-0.4, -0.2) is 52.3 Å². The second-order valence-corrected chi connectivity index (χ2v) is 5.80. The van der Waals surface area contributed by atoms with Crippen molar-refractivity contribution in [3.63, 3.8) is 0 Å². The number of amides is 2. The fourth-order valence-corrected chi connectivity index (χ4v) is 2.86. The fraction of sp³-hybridized carbons (Fsp3) is 0.846. The highest BCUT2D eigenvalue weighted by Crippen LogP contribution is 2.48. The lowest BCUT2D eigenvalue weighted by molar-refractivity contribution is -0.141. The van der Waals surface area contributed by atoms with Crippen LogP contribution in [0.25, 0.3) is 0 Å². The molecule has 0 bridgehead atoms. The minimum absolute atomic E-state index is 0.101. The number of carbonyl (C=O) groups is 2. The lowest BCUT2D eigenvalue weighted by Gasteiger charge is -2.23. The van der Waals surface area contributed by atoms with Gasteiger partial charge in [-0.25, -0.2) is 9.59 Å². The Kier molecular flexibility index (Phi) is 3.99. The third-order valence-corrected chi connectivity index (χ3v) is 4.18. The number of nitrogens with one attached hydrogen (secondary N) is 1. The predicted octanol–water partition coefficient (Wildman–Crippen LogP) is 0.796. The van der Waals surface area contributed by atoms with E-state index >= 15 is 0 Å². The van der Waals surface area contributed by atoms with Crippen LogP contribution >= 0.6 is 0 Å². The molecule has 2 atom stereocenters. The average molecular weight is 270 g/mol. The summed E-state index contributed by atoms with van der Waals surface area (Å²) >= 11 is 0. The van der Waals surface area contributed by atoms with Crippen molar-refractivity contribution in [2.75, 3.05) is 13.1 Å². The van der Waals surface area contributed by atoms with Gasteiger partial charge in [0.2, 0.25) is 0 Å². The van der Waals surface area contributed by atoms with Gasteiger partial charge in [0.15, 0.2) is 0 Å². The molecule has 0 aromatic carbocycles. The van der Waals surface area contributed by atoms with Gasteiger partial charge in [0, 0.05) is 19.5 Å². The van der Waals surface area contributed by atoms with Crippen molar-refractivity contribution in [1.29, 1.82) is 0 Å². The first-order valence-corrected chi connectivity index (χ1v) is 6.93. The molecular weight excluding hydrogens is 248 g/mol. The van der Waals surface area contributed by atoms with Gasteiger partial charge in [-0.2, -0.15) is 0 Å². The quantitative estimate of drug-likeness (QED) is 0.689. The molecular formula is C13H22N2O4. The molecule has 2 aliphatic rings. The fourth-order valence-electron chi connectivity index (χ4n) is 2.86. The van der Waals surface area contributed by atoms with Crippen LogP contribution in [0, 0.1) is 5.41 Å². The Hall–Kier alpha value is -1.30. The number of urea groups is 1. The summed E-state index contributed by atoms with van der Waals surface area (Å²) in [6, 6.07) is -1.28. The van der Waals surface area contributed by atoms with Crippen LogP contribution in [0.5, 0.6) is 0 Å². The van der Waals surface area contributed by atoms with Crippen molar-refractivity contribution < 1.29 is 19.8 Å². The number of aliphatic carboxylic acids is 1. The van der Waals surface area contributed by atoms with Crippen LogP contribution < -0.4 is 5.32 Å². The van der Waals surface area contributed by atoms with E-state index in [0.29, 0.717) is 6.54 Å². The number of hydrogen-bond acceptors (Lipinski definition) is 3. The maximum absolute atomic E-state index is 12.0. The topological polar surface area (TPSA) is 89.9 Å². The Morgan fingerprint density at radius 3 is 2.63 bits per heavy atom. The molecule has 1 saturated heterocycles. The van der Waals surface area contributed by atoms with Gasteiger partial charge in [-0.05, 0) is 24.7 Å². The maximum atomic E-state index is 12.0. The van der Waals surface area contributed by atoms with Gasteiger partial charge in [-0.3, -0.25) is 0 Å². The molecule has 1 aliphatic heterocycles. The second-order valence-electron chi connectivity index (χ2n) is 5.80. The zero-order valence-corrected chi connectivity index (χ0v) is 11.3. The summed E-state index contributed by atoms with van der Waals surface area (Å²) in [6.07, 6.45) is 3.83. The van der Waals surface area contributed by atoms with E-state index < -0.39 is 18.1 Å². The largest absolute Gasteiger partial charge is 0.480 e. The third-order valence-electron chi connectivity index (χ3n) is 4.18. The lowest BCUT2D eigenvalue weighted by Crippen LogP contribution is -2.47. The van der Waals surface area contributed by atoms with E-state index in [2.05, 4.69) is 12.2 Å². The third kappa shape index (κ3) is 3.18. The smallest absolute Gasteiger partial charge is 0.326 e. The van der Waals surface area contributed by atoms with Crippen LogP contribution in [0.2, 0.25) is 0 Å². The molecule has 6 nitrogen and oxygen atoms in total. The van der Waals surface area contributed by atoms with Crippen molar-refractivity contribution >= 4 is 12.0 Å². The van der Waals surface area contributed by atoms with Crippen LogP contribution in [0.3, 0.4) is 0 Å². The summed E-state index contributed by atoms with van der Waals surface area (Å²) in [5.41, 5.74) is 0.238. The summed E-state index contributed by atoms with van der Waals surface area (Å²) < 4.78 is 0. The molecule has 19 heavy (non-hydrogen) atoms. The van der Waals surface area contributed by atoms with Gasteiger partial charge in [0.05, 0.1) is 6.10 Å². The van der Waals surface area contributed by atoms with Gasteiger partial charge in [0.1, 0.15) is 6.04 Å². The number of carbonyl (C=O) groups excluding carboxylic acids is 1. The highest BCUT2D eigenvalue weighted by atomic mass is 16.4. The minimum atomic E-state index is -1.05. The maximum Gasteiger partial charge on any atom is 0.326 e. The second kappa shape index (κ2) is 5.36. The van der Waals surface area contributed by atoms with E-state index in [9.17, 15) is 14.7 Å². The molecule has 1 saturated carbocycles. The number of hydrogen-bond donors (Lipinski definition) is 3. The number of carboxylic acid groups (broad SMARTS) is 1. The van der Waals surface area contributed by atoms with Crippen molar-refractivity contribution in [2.24, 2.45) is 5.41 Å². The molecule has 2 rings (SSSR count). The number of likely N-dealkylation sites (tertiary alicyclic amines) is 1. The van der Waals surface area contributed by atoms with E-state index in [0.717, 1.165) is 25.7 Å². The zero-order chi connectivity index (χ0) is 14.0. The first kappa shape index (κ1) is 14.1. The summed E-state index contributed by atoms with van der Waals surface area (Å²) in [5.74, 6) is -1.05. The summed E-state index contributed by atoms with van der Waals surface area (Å²) in [5, 5.41) is 21.4. The Morgan fingerprint density at radius 2 is 2.11 bits per heavy atom. The number of nitrogens with zero attached hydrogens (tertiary/aromatic N) is 1. The Balaban J connectivity index is 1.87. The van der Waals surface area contributed by atoms with Crippen molar-refractivity contribution in [2.45, 2.75) is 51.2 Å². The molecule has 0 aromatic rings. The Morgan fingerprint density at radius 1 is 1.42 bits per heavy atom. The summed E-state index contributed by atoms with van der Waals surface area (Å²) in [7, 11) is 0. The van der Waals surface area contributed by atoms with Crippen molar-refractivity contribution in [1.82, 2.24) is 10.2 Å². The minimum Gasteiger partial charge on any atom is -0.480 e. The van der Waals surface area contributed by atoms with E-state index in [4.69, 9.17) is 5.11 Å². The predicted molar refractivity (Wildman–Crippen MR) is 68.7 cm³/mol. The van der Waals surface area contributed by atoms with Gasteiger partial charge in [-0.15, -0.1) is 0 Å². The highest BCUT2D eigenvalue weighted by molar-refractivity contribution is 5.83. The summed E-state index contributed by atoms with van der Waals surface area (Å²) in [4.78, 5) is 24.3. The molecule has 0 spiro atoms. The average Bonchev–Trinajstić information content (AvgIpc) is 3.00. The molecule has 3 N–H and O–H groups in total. The Labute approximate surface area is 112 Å². The number of carboxylic acids is 1. The number of aliphatic hydroxyl groups excluding tert-OH is 1. The van der Waals surface area contributed by atoms with E-state index in [1.54, 1.807) is 0 Å². The highest BCUT2D eigenvalue weighted by Gasteiger charge is 2.43. The van der Waals surface area contributed by atoms with Crippen LogP contribution in [0.4, 0.5) is 4.79 Å². The lowest BCUT2D eigenvalue weighted by atomic mass is 10.0. The molecule has 108 valence electrons. The molecule has 1 aliphatic carbocycles. The molecule has 0 aromatic heterocycles. The van der Waals surface area contributed by atoms with Crippen LogP contribution in [0.15, 0.2) is 0 Å². The van der Waals surface area contributed by atoms with E-state index in [-0.39, 0.29) is 24.4 Å². The Bertz CT molecular complexity index is 368. The summed E-state index contributed by atoms with van der Waals surface area (Å²) in [6.45, 7) is 2.83. The van der Waals surface area contributed by atoms with Crippen molar-refractivity contribution in [3.05, 3.63) is 0 Å². The molecule has 2 amide bonds. The van der Waals surface area contributed by atoms with Crippen molar-refractivity contribution in [3.8, 4) is 0 Å². The van der Waals surface area contributed by atoms with E-state index in [1.165, 1.54) is 4.90 Å². The number of rotatable bonds is 5. The number of aliphatic hydroxyl groups is 1. The molecule has 1 heterocycles. The van der Waals surface area contributed by atoms with Gasteiger partial charge < -0.3 is 20.4 Å². The van der Waals surface area contributed by atoms with Crippen LogP contribution in [0.1, 0.15) is 39.0 Å².